The summed E-state index contributed by atoms with van der Waals surface area (Å²) in [7, 11) is -3.83. The molecule has 0 aromatic heterocycles. The molecule has 0 fully saturated rings. The summed E-state index contributed by atoms with van der Waals surface area (Å²) in [6, 6.07) is 10.0. The maximum atomic E-state index is 12.4. The average molecular weight is 404 g/mol. The van der Waals surface area contributed by atoms with Crippen LogP contribution in [-0.4, -0.2) is 27.6 Å². The number of benzene rings is 2. The molecule has 0 saturated heterocycles. The Labute approximate surface area is 155 Å². The summed E-state index contributed by atoms with van der Waals surface area (Å²) in [6.45, 7) is 1.70. The number of sulfonamides is 1. The van der Waals surface area contributed by atoms with Crippen molar-refractivity contribution in [2.24, 2.45) is 0 Å². The van der Waals surface area contributed by atoms with Crippen LogP contribution in [0.5, 0.6) is 5.75 Å². The standard InChI is InChI=1S/C16H15Cl2NO5S/c1-2-23-16(20)10-24-12-4-6-13(7-5-12)25(21,22)19-15-8-3-11(17)9-14(15)18/h3-9,19H,2,10H2,1H3. The van der Waals surface area contributed by atoms with E-state index in [1.165, 1.54) is 42.5 Å². The van der Waals surface area contributed by atoms with E-state index in [2.05, 4.69) is 4.72 Å². The number of hydrogen-bond acceptors (Lipinski definition) is 5. The van der Waals surface area contributed by atoms with E-state index in [9.17, 15) is 13.2 Å². The molecule has 0 saturated carbocycles. The second kappa shape index (κ2) is 8.42. The predicted molar refractivity (Wildman–Crippen MR) is 95.8 cm³/mol. The van der Waals surface area contributed by atoms with Gasteiger partial charge in [-0.05, 0) is 49.4 Å². The Kier molecular flexibility index (Phi) is 6.52. The molecular formula is C16H15Cl2NO5S. The number of nitrogens with one attached hydrogen (secondary N) is 1. The fourth-order valence-corrected chi connectivity index (χ4v) is 3.43. The first-order valence-electron chi connectivity index (χ1n) is 7.18. The topological polar surface area (TPSA) is 81.7 Å². The van der Waals surface area contributed by atoms with E-state index < -0.39 is 16.0 Å². The van der Waals surface area contributed by atoms with E-state index in [0.29, 0.717) is 10.8 Å². The average Bonchev–Trinajstić information content (AvgIpc) is 2.56. The third-order valence-corrected chi connectivity index (χ3v) is 4.90. The van der Waals surface area contributed by atoms with Gasteiger partial charge in [-0.15, -0.1) is 0 Å². The molecule has 0 heterocycles. The first kappa shape index (κ1) is 19.4. The zero-order valence-electron chi connectivity index (χ0n) is 13.2. The molecule has 0 bridgehead atoms. The highest BCUT2D eigenvalue weighted by Gasteiger charge is 2.16. The van der Waals surface area contributed by atoms with Crippen molar-refractivity contribution in [2.75, 3.05) is 17.9 Å². The van der Waals surface area contributed by atoms with Gasteiger partial charge in [0.25, 0.3) is 10.0 Å². The molecule has 0 radical (unpaired) electrons. The van der Waals surface area contributed by atoms with Crippen molar-refractivity contribution in [3.8, 4) is 5.75 Å². The largest absolute Gasteiger partial charge is 0.482 e. The number of esters is 1. The van der Waals surface area contributed by atoms with Gasteiger partial charge in [0.2, 0.25) is 0 Å². The zero-order valence-corrected chi connectivity index (χ0v) is 15.5. The molecule has 0 unspecified atom stereocenters. The third-order valence-electron chi connectivity index (χ3n) is 2.97. The van der Waals surface area contributed by atoms with Gasteiger partial charge in [0, 0.05) is 5.02 Å². The fourth-order valence-electron chi connectivity index (χ4n) is 1.84. The van der Waals surface area contributed by atoms with Gasteiger partial charge in [0.15, 0.2) is 6.61 Å². The van der Waals surface area contributed by atoms with Crippen molar-refractivity contribution in [3.63, 3.8) is 0 Å². The smallest absolute Gasteiger partial charge is 0.344 e. The molecule has 0 aliphatic rings. The van der Waals surface area contributed by atoms with Crippen LogP contribution in [0.25, 0.3) is 0 Å². The van der Waals surface area contributed by atoms with Crippen molar-refractivity contribution < 1.29 is 22.7 Å². The molecule has 0 atom stereocenters. The lowest BCUT2D eigenvalue weighted by atomic mass is 10.3. The van der Waals surface area contributed by atoms with Crippen LogP contribution in [0.15, 0.2) is 47.4 Å². The maximum absolute atomic E-state index is 12.4. The highest BCUT2D eigenvalue weighted by Crippen LogP contribution is 2.28. The Morgan fingerprint density at radius 3 is 2.40 bits per heavy atom. The van der Waals surface area contributed by atoms with Gasteiger partial charge in [-0.1, -0.05) is 23.2 Å². The highest BCUT2D eigenvalue weighted by molar-refractivity contribution is 7.92. The third kappa shape index (κ3) is 5.52. The Bertz CT molecular complexity index is 853. The Hall–Kier alpha value is -1.96. The van der Waals surface area contributed by atoms with Crippen molar-refractivity contribution in [2.45, 2.75) is 11.8 Å². The van der Waals surface area contributed by atoms with Crippen LogP contribution in [0.2, 0.25) is 10.0 Å². The molecule has 2 rings (SSSR count). The molecular weight excluding hydrogens is 389 g/mol. The minimum Gasteiger partial charge on any atom is -0.482 e. The number of rotatable bonds is 7. The van der Waals surface area contributed by atoms with Gasteiger partial charge in [-0.25, -0.2) is 13.2 Å². The van der Waals surface area contributed by atoms with Crippen LogP contribution < -0.4 is 9.46 Å². The highest BCUT2D eigenvalue weighted by atomic mass is 35.5. The number of halogens is 2. The van der Waals surface area contributed by atoms with Gasteiger partial charge in [-0.2, -0.15) is 0 Å². The van der Waals surface area contributed by atoms with Crippen molar-refractivity contribution in [1.82, 2.24) is 0 Å². The van der Waals surface area contributed by atoms with Crippen LogP contribution in [0.1, 0.15) is 6.92 Å². The molecule has 2 aromatic rings. The second-order valence-electron chi connectivity index (χ2n) is 4.79. The molecule has 0 aliphatic heterocycles. The summed E-state index contributed by atoms with van der Waals surface area (Å²) in [6.07, 6.45) is 0. The number of anilines is 1. The molecule has 134 valence electrons. The van der Waals surface area contributed by atoms with Gasteiger partial charge in [0.1, 0.15) is 5.75 Å². The van der Waals surface area contributed by atoms with Gasteiger partial charge in [0.05, 0.1) is 22.2 Å². The predicted octanol–water partition coefficient (Wildman–Crippen LogP) is 3.74. The van der Waals surface area contributed by atoms with Crippen LogP contribution in [0.3, 0.4) is 0 Å². The zero-order chi connectivity index (χ0) is 18.4. The molecule has 6 nitrogen and oxygen atoms in total. The van der Waals surface area contributed by atoms with E-state index in [4.69, 9.17) is 32.7 Å². The van der Waals surface area contributed by atoms with Crippen molar-refractivity contribution in [1.29, 1.82) is 0 Å². The van der Waals surface area contributed by atoms with E-state index in [0.717, 1.165) is 0 Å². The second-order valence-corrected chi connectivity index (χ2v) is 7.32. The number of ether oxygens (including phenoxy) is 2. The summed E-state index contributed by atoms with van der Waals surface area (Å²) < 4.78 is 37.1. The molecule has 0 spiro atoms. The van der Waals surface area contributed by atoms with Gasteiger partial charge in [-0.3, -0.25) is 4.72 Å². The summed E-state index contributed by atoms with van der Waals surface area (Å²) in [4.78, 5) is 11.2. The monoisotopic (exact) mass is 403 g/mol. The summed E-state index contributed by atoms with van der Waals surface area (Å²) >= 11 is 11.8. The molecule has 9 heteroatoms. The Morgan fingerprint density at radius 1 is 1.12 bits per heavy atom. The van der Waals surface area contributed by atoms with E-state index in [1.807, 2.05) is 0 Å². The van der Waals surface area contributed by atoms with Crippen molar-refractivity contribution >= 4 is 44.9 Å². The number of carbonyl (C=O) groups excluding carboxylic acids is 1. The first-order valence-corrected chi connectivity index (χ1v) is 9.42. The summed E-state index contributed by atoms with van der Waals surface area (Å²) in [5.74, 6) is -0.158. The van der Waals surface area contributed by atoms with E-state index >= 15 is 0 Å². The van der Waals surface area contributed by atoms with Crippen LogP contribution in [-0.2, 0) is 19.6 Å². The van der Waals surface area contributed by atoms with Crippen LogP contribution in [0, 0.1) is 0 Å². The SMILES string of the molecule is CCOC(=O)COc1ccc(S(=O)(=O)Nc2ccc(Cl)cc2Cl)cc1. The molecule has 2 aromatic carbocycles. The number of hydrogen-bond donors (Lipinski definition) is 1. The molecule has 0 amide bonds. The lowest BCUT2D eigenvalue weighted by molar-refractivity contribution is -0.145. The Morgan fingerprint density at radius 2 is 1.80 bits per heavy atom. The summed E-state index contributed by atoms with van der Waals surface area (Å²) in [5.41, 5.74) is 0.216. The molecule has 0 aliphatic carbocycles. The Balaban J connectivity index is 2.08. The van der Waals surface area contributed by atoms with Crippen molar-refractivity contribution in [3.05, 3.63) is 52.5 Å². The molecule has 25 heavy (non-hydrogen) atoms. The minimum atomic E-state index is -3.83. The minimum absolute atomic E-state index is 0.0157. The maximum Gasteiger partial charge on any atom is 0.344 e. The van der Waals surface area contributed by atoms with Crippen LogP contribution in [0.4, 0.5) is 5.69 Å². The normalized spacial score (nSPS) is 11.0. The van der Waals surface area contributed by atoms with E-state index in [-0.39, 0.29) is 28.8 Å². The van der Waals surface area contributed by atoms with E-state index in [1.54, 1.807) is 6.92 Å². The quantitative estimate of drug-likeness (QED) is 0.712. The van der Waals surface area contributed by atoms with Gasteiger partial charge >= 0.3 is 5.97 Å². The lowest BCUT2D eigenvalue weighted by Gasteiger charge is -2.11. The lowest BCUT2D eigenvalue weighted by Crippen LogP contribution is -2.15. The van der Waals surface area contributed by atoms with Crippen LogP contribution >= 0.6 is 23.2 Å². The van der Waals surface area contributed by atoms with Gasteiger partial charge < -0.3 is 9.47 Å². The summed E-state index contributed by atoms with van der Waals surface area (Å²) in [5, 5.41) is 0.585. The first-order chi connectivity index (χ1) is 11.8. The number of carbonyl (C=O) groups is 1. The fraction of sp³-hybridized carbons (Fsp3) is 0.188. The molecule has 1 N–H and O–H groups in total.